The molecule has 0 aliphatic rings. The lowest BCUT2D eigenvalue weighted by Crippen LogP contribution is -2.04. The summed E-state index contributed by atoms with van der Waals surface area (Å²) in [6, 6.07) is 5.44. The lowest BCUT2D eigenvalue weighted by molar-refractivity contribution is 0.0910. The van der Waals surface area contributed by atoms with Crippen molar-refractivity contribution < 1.29 is 9.57 Å². The average molecular weight is 193 g/mol. The Labute approximate surface area is 82.0 Å². The van der Waals surface area contributed by atoms with Crippen molar-refractivity contribution in [3.05, 3.63) is 37.2 Å². The van der Waals surface area contributed by atoms with Crippen molar-refractivity contribution in [1.82, 2.24) is 4.98 Å². The van der Waals surface area contributed by atoms with E-state index in [1.807, 2.05) is 12.1 Å². The average Bonchev–Trinajstić information content (AvgIpc) is 2.25. The molecule has 0 aliphatic heterocycles. The zero-order valence-electron chi connectivity index (χ0n) is 7.67. The first-order chi connectivity index (χ1) is 6.93. The Bertz CT molecular complexity index is 287. The summed E-state index contributed by atoms with van der Waals surface area (Å²) in [6.07, 6.45) is 2.95. The fourth-order valence-electron chi connectivity index (χ4n) is 0.723. The van der Waals surface area contributed by atoms with Gasteiger partial charge in [0.05, 0.1) is 0 Å². The molecule has 0 saturated heterocycles. The van der Waals surface area contributed by atoms with Crippen LogP contribution in [0.5, 0.6) is 5.88 Å². The van der Waals surface area contributed by atoms with Crippen molar-refractivity contribution in [2.45, 2.75) is 0 Å². The molecule has 0 atom stereocenters. The molecule has 0 saturated carbocycles. The third-order valence-electron chi connectivity index (χ3n) is 1.25. The second-order valence-corrected chi connectivity index (χ2v) is 2.23. The van der Waals surface area contributed by atoms with Gasteiger partial charge >= 0.3 is 0 Å². The van der Waals surface area contributed by atoms with Crippen molar-refractivity contribution in [1.29, 1.82) is 0 Å². The van der Waals surface area contributed by atoms with Crippen LogP contribution in [0.25, 0.3) is 0 Å². The van der Waals surface area contributed by atoms with Gasteiger partial charge in [-0.2, -0.15) is 0 Å². The molecule has 74 valence electrons. The number of pyridine rings is 1. The summed E-state index contributed by atoms with van der Waals surface area (Å²) in [7, 11) is 0. The molecule has 5 nitrogen and oxygen atoms in total. The Hall–Kier alpha value is -1.91. The van der Waals surface area contributed by atoms with E-state index in [2.05, 4.69) is 22.0 Å². The summed E-state index contributed by atoms with van der Waals surface area (Å²) in [4.78, 5) is 8.69. The van der Waals surface area contributed by atoms with E-state index in [9.17, 15) is 0 Å². The standard InChI is InChI=1S/C9H11N3O2/c1-2-11-12-14-8-7-13-9-5-3-4-6-10-9/h2-6H,1,7-8H2. The monoisotopic (exact) mass is 193 g/mol. The zero-order valence-corrected chi connectivity index (χ0v) is 7.67. The Balaban J connectivity index is 2.10. The highest BCUT2D eigenvalue weighted by Gasteiger charge is 1.91. The van der Waals surface area contributed by atoms with Gasteiger partial charge in [-0.3, -0.25) is 0 Å². The lowest BCUT2D eigenvalue weighted by atomic mass is 10.5. The highest BCUT2D eigenvalue weighted by Crippen LogP contribution is 2.02. The van der Waals surface area contributed by atoms with Gasteiger partial charge in [-0.1, -0.05) is 12.6 Å². The molecular formula is C9H11N3O2. The van der Waals surface area contributed by atoms with Crippen LogP contribution in [0.2, 0.25) is 0 Å². The summed E-state index contributed by atoms with van der Waals surface area (Å²) in [5.74, 6) is 0.566. The zero-order chi connectivity index (χ0) is 10.1. The number of hydrogen-bond acceptors (Lipinski definition) is 5. The summed E-state index contributed by atoms with van der Waals surface area (Å²) >= 11 is 0. The molecule has 1 heterocycles. The van der Waals surface area contributed by atoms with Gasteiger partial charge in [0, 0.05) is 23.7 Å². The second kappa shape index (κ2) is 6.59. The van der Waals surface area contributed by atoms with Gasteiger partial charge in [-0.25, -0.2) is 4.98 Å². The third-order valence-corrected chi connectivity index (χ3v) is 1.25. The molecule has 0 bridgehead atoms. The van der Waals surface area contributed by atoms with Gasteiger partial charge in [-0.05, 0) is 6.07 Å². The Morgan fingerprint density at radius 3 is 3.07 bits per heavy atom. The molecule has 0 N–H and O–H groups in total. The summed E-state index contributed by atoms with van der Waals surface area (Å²) < 4.78 is 5.22. The summed E-state index contributed by atoms with van der Waals surface area (Å²) in [6.45, 7) is 4.05. The van der Waals surface area contributed by atoms with Crippen molar-refractivity contribution >= 4 is 0 Å². The first-order valence-electron chi connectivity index (χ1n) is 4.10. The minimum Gasteiger partial charge on any atom is -0.474 e. The van der Waals surface area contributed by atoms with Crippen molar-refractivity contribution in [2.75, 3.05) is 13.2 Å². The molecule has 0 unspecified atom stereocenters. The largest absolute Gasteiger partial charge is 0.474 e. The van der Waals surface area contributed by atoms with E-state index in [0.29, 0.717) is 19.1 Å². The topological polar surface area (TPSA) is 56.1 Å². The highest BCUT2D eigenvalue weighted by atomic mass is 16.7. The first kappa shape index (κ1) is 10.2. The van der Waals surface area contributed by atoms with Crippen LogP contribution >= 0.6 is 0 Å². The van der Waals surface area contributed by atoms with Crippen molar-refractivity contribution in [3.8, 4) is 5.88 Å². The van der Waals surface area contributed by atoms with E-state index in [1.54, 1.807) is 12.3 Å². The summed E-state index contributed by atoms with van der Waals surface area (Å²) in [5.41, 5.74) is 0. The molecule has 14 heavy (non-hydrogen) atoms. The minimum absolute atomic E-state index is 0.327. The van der Waals surface area contributed by atoms with E-state index < -0.39 is 0 Å². The molecule has 0 radical (unpaired) electrons. The SMILES string of the molecule is C=CN=NOCCOc1ccccn1. The normalized spacial score (nSPS) is 10.0. The Morgan fingerprint density at radius 1 is 1.43 bits per heavy atom. The van der Waals surface area contributed by atoms with Crippen LogP contribution in [0.4, 0.5) is 0 Å². The van der Waals surface area contributed by atoms with Gasteiger partial charge in [0.15, 0.2) is 6.61 Å². The van der Waals surface area contributed by atoms with Crippen LogP contribution < -0.4 is 4.74 Å². The number of nitrogens with zero attached hydrogens (tertiary/aromatic N) is 3. The van der Waals surface area contributed by atoms with Crippen LogP contribution in [0.3, 0.4) is 0 Å². The predicted octanol–water partition coefficient (Wildman–Crippen LogP) is 1.99. The van der Waals surface area contributed by atoms with E-state index >= 15 is 0 Å². The summed E-state index contributed by atoms with van der Waals surface area (Å²) in [5, 5.41) is 6.74. The molecule has 1 rings (SSSR count). The third kappa shape index (κ3) is 4.20. The molecule has 0 aromatic carbocycles. The van der Waals surface area contributed by atoms with E-state index in [-0.39, 0.29) is 0 Å². The number of aromatic nitrogens is 1. The predicted molar refractivity (Wildman–Crippen MR) is 50.7 cm³/mol. The highest BCUT2D eigenvalue weighted by molar-refractivity contribution is 5.08. The lowest BCUT2D eigenvalue weighted by Gasteiger charge is -2.02. The first-order valence-corrected chi connectivity index (χ1v) is 4.10. The van der Waals surface area contributed by atoms with Crippen LogP contribution in [-0.2, 0) is 4.84 Å². The maximum atomic E-state index is 5.22. The van der Waals surface area contributed by atoms with Crippen LogP contribution in [0.1, 0.15) is 0 Å². The van der Waals surface area contributed by atoms with Gasteiger partial charge in [0.25, 0.3) is 0 Å². The fraction of sp³-hybridized carbons (Fsp3) is 0.222. The number of ether oxygens (including phenoxy) is 1. The quantitative estimate of drug-likeness (QED) is 0.394. The molecule has 5 heteroatoms. The molecule has 0 amide bonds. The smallest absolute Gasteiger partial charge is 0.213 e. The minimum atomic E-state index is 0.327. The molecular weight excluding hydrogens is 182 g/mol. The fourth-order valence-corrected chi connectivity index (χ4v) is 0.723. The van der Waals surface area contributed by atoms with Crippen LogP contribution in [0, 0.1) is 0 Å². The molecule has 0 aliphatic carbocycles. The molecule has 1 aromatic heterocycles. The van der Waals surface area contributed by atoms with Gasteiger partial charge in [-0.15, -0.1) is 5.11 Å². The maximum Gasteiger partial charge on any atom is 0.213 e. The van der Waals surface area contributed by atoms with Gasteiger partial charge < -0.3 is 9.57 Å². The van der Waals surface area contributed by atoms with Gasteiger partial charge in [0.2, 0.25) is 5.88 Å². The van der Waals surface area contributed by atoms with E-state index in [4.69, 9.17) is 9.57 Å². The van der Waals surface area contributed by atoms with Crippen molar-refractivity contribution in [3.63, 3.8) is 0 Å². The van der Waals surface area contributed by atoms with Gasteiger partial charge in [0.1, 0.15) is 6.61 Å². The number of hydrogen-bond donors (Lipinski definition) is 0. The van der Waals surface area contributed by atoms with Crippen LogP contribution in [0.15, 0.2) is 47.6 Å². The molecule has 1 aromatic rings. The molecule has 0 spiro atoms. The van der Waals surface area contributed by atoms with E-state index in [0.717, 1.165) is 0 Å². The maximum absolute atomic E-state index is 5.22. The molecule has 0 fully saturated rings. The number of rotatable bonds is 6. The Morgan fingerprint density at radius 2 is 2.36 bits per heavy atom. The van der Waals surface area contributed by atoms with Crippen molar-refractivity contribution in [2.24, 2.45) is 10.4 Å². The van der Waals surface area contributed by atoms with E-state index in [1.165, 1.54) is 6.20 Å². The Kier molecular flexibility index (Phi) is 4.79. The van der Waals surface area contributed by atoms with Crippen LogP contribution in [-0.4, -0.2) is 18.2 Å². The second-order valence-electron chi connectivity index (χ2n) is 2.23.